The normalized spacial score (nSPS) is 22.2. The van der Waals surface area contributed by atoms with Crippen molar-refractivity contribution in [3.05, 3.63) is 89.5 Å². The molecule has 1 amide bonds. The largest absolute Gasteiger partial charge is 0.416 e. The first-order chi connectivity index (χ1) is 18.6. The average molecular weight is 601 g/mol. The van der Waals surface area contributed by atoms with Crippen molar-refractivity contribution in [3.8, 4) is 0 Å². The maximum atomic E-state index is 13.4. The Hall–Kier alpha value is -3.52. The molecule has 3 saturated carbocycles. The van der Waals surface area contributed by atoms with Crippen LogP contribution in [0.25, 0.3) is 0 Å². The number of hydrogen-bond acceptors (Lipinski definition) is 5. The third-order valence-electron chi connectivity index (χ3n) is 7.33. The van der Waals surface area contributed by atoms with Crippen LogP contribution in [0.1, 0.15) is 40.7 Å². The summed E-state index contributed by atoms with van der Waals surface area (Å²) in [5.41, 5.74) is -1.73. The molecule has 2 N–H and O–H groups in total. The summed E-state index contributed by atoms with van der Waals surface area (Å²) in [4.78, 5) is 11.7. The van der Waals surface area contributed by atoms with Gasteiger partial charge < -0.3 is 5.32 Å². The van der Waals surface area contributed by atoms with Crippen molar-refractivity contribution in [2.75, 3.05) is 4.72 Å². The maximum absolute atomic E-state index is 13.4. The number of carbonyl (C=O) groups excluding carboxylic acids is 1. The van der Waals surface area contributed by atoms with Crippen molar-refractivity contribution < 1.29 is 43.6 Å². The van der Waals surface area contributed by atoms with E-state index in [1.807, 2.05) is 35.1 Å². The minimum absolute atomic E-state index is 0.0803. The van der Waals surface area contributed by atoms with Crippen LogP contribution >= 0.6 is 0 Å². The van der Waals surface area contributed by atoms with E-state index in [4.69, 9.17) is 0 Å². The first kappa shape index (κ1) is 28.0. The van der Waals surface area contributed by atoms with E-state index < -0.39 is 64.3 Å². The second kappa shape index (κ2) is 9.26. The van der Waals surface area contributed by atoms with E-state index >= 15 is 0 Å². The Morgan fingerprint density at radius 2 is 1.40 bits per heavy atom. The highest BCUT2D eigenvalue weighted by atomic mass is 32.2. The number of halogens is 5. The van der Waals surface area contributed by atoms with Crippen LogP contribution in [0, 0.1) is 0 Å². The molecule has 3 aliphatic rings. The van der Waals surface area contributed by atoms with E-state index in [-0.39, 0.29) is 11.0 Å². The highest BCUT2D eigenvalue weighted by Crippen LogP contribution is 2.67. The molecule has 0 aromatic heterocycles. The Kier molecular flexibility index (Phi) is 6.49. The third kappa shape index (κ3) is 4.83. The number of sulfone groups is 1. The van der Waals surface area contributed by atoms with Crippen LogP contribution in [-0.4, -0.2) is 34.0 Å². The summed E-state index contributed by atoms with van der Waals surface area (Å²) in [7, 11) is -9.66. The van der Waals surface area contributed by atoms with Gasteiger partial charge in [0.25, 0.3) is 15.9 Å². The fourth-order valence-electron chi connectivity index (χ4n) is 5.44. The van der Waals surface area contributed by atoms with E-state index in [9.17, 15) is 43.6 Å². The first-order valence-corrected chi connectivity index (χ1v) is 14.8. The molecular formula is C26H21F5N2O5S2. The van der Waals surface area contributed by atoms with E-state index in [0.717, 1.165) is 23.8 Å². The van der Waals surface area contributed by atoms with Crippen LogP contribution < -0.4 is 10.0 Å². The molecule has 2 bridgehead atoms. The molecular weight excluding hydrogens is 579 g/mol. The molecule has 0 saturated heterocycles. The lowest BCUT2D eigenvalue weighted by atomic mass is 9.37. The highest BCUT2D eigenvalue weighted by molar-refractivity contribution is 7.93. The zero-order chi connectivity index (χ0) is 29.1. The number of amides is 1. The Labute approximate surface area is 226 Å². The monoisotopic (exact) mass is 600 g/mol. The number of alkyl halides is 5. The summed E-state index contributed by atoms with van der Waals surface area (Å²) >= 11 is 0. The fourth-order valence-corrected chi connectivity index (χ4v) is 7.24. The van der Waals surface area contributed by atoms with Crippen LogP contribution in [0.3, 0.4) is 0 Å². The van der Waals surface area contributed by atoms with Crippen molar-refractivity contribution in [1.82, 2.24) is 5.32 Å². The van der Waals surface area contributed by atoms with Gasteiger partial charge in [0.15, 0.2) is 0 Å². The molecule has 7 nitrogen and oxygen atoms in total. The van der Waals surface area contributed by atoms with E-state index in [0.29, 0.717) is 43.5 Å². The number of hydrogen-bond donors (Lipinski definition) is 2. The Morgan fingerprint density at radius 3 is 1.95 bits per heavy atom. The molecule has 0 atom stereocenters. The molecule has 0 aliphatic heterocycles. The molecule has 0 unspecified atom stereocenters. The van der Waals surface area contributed by atoms with Gasteiger partial charge in [-0.25, -0.2) is 16.8 Å². The minimum atomic E-state index is -5.00. The molecule has 0 radical (unpaired) electrons. The first-order valence-electron chi connectivity index (χ1n) is 11.8. The van der Waals surface area contributed by atoms with Crippen LogP contribution in [0.2, 0.25) is 0 Å². The van der Waals surface area contributed by atoms with Gasteiger partial charge in [-0.15, -0.1) is 0 Å². The van der Waals surface area contributed by atoms with Crippen LogP contribution in [-0.2, 0) is 31.5 Å². The Bertz CT molecular complexity index is 1670. The number of carbonyl (C=O) groups is 1. The average Bonchev–Trinajstić information content (AvgIpc) is 2.85. The van der Waals surface area contributed by atoms with Crippen molar-refractivity contribution in [1.29, 1.82) is 0 Å². The van der Waals surface area contributed by atoms with E-state index in [2.05, 4.69) is 5.32 Å². The molecule has 6 rings (SSSR count). The van der Waals surface area contributed by atoms with Gasteiger partial charge >= 0.3 is 11.9 Å². The molecule has 40 heavy (non-hydrogen) atoms. The molecule has 212 valence electrons. The zero-order valence-electron chi connectivity index (χ0n) is 20.4. The quantitative estimate of drug-likeness (QED) is 0.350. The van der Waals surface area contributed by atoms with E-state index in [1.54, 1.807) is 0 Å². The number of nitrogens with one attached hydrogen (secondary N) is 2. The highest BCUT2D eigenvalue weighted by Gasteiger charge is 2.69. The summed E-state index contributed by atoms with van der Waals surface area (Å²) in [5, 5.41) is 2.84. The minimum Gasteiger partial charge on any atom is -0.346 e. The van der Waals surface area contributed by atoms with Gasteiger partial charge in [0.05, 0.1) is 26.6 Å². The molecule has 3 aromatic carbocycles. The summed E-state index contributed by atoms with van der Waals surface area (Å²) in [6.07, 6.45) is -2.96. The number of sulfonamides is 1. The fraction of sp³-hybridized carbons (Fsp3) is 0.269. The lowest BCUT2D eigenvalue weighted by molar-refractivity contribution is -0.137. The summed E-state index contributed by atoms with van der Waals surface area (Å²) < 4.78 is 117. The van der Waals surface area contributed by atoms with Crippen molar-refractivity contribution >= 4 is 31.5 Å². The summed E-state index contributed by atoms with van der Waals surface area (Å²) in [6, 6.07) is 14.4. The Morgan fingerprint density at radius 1 is 0.825 bits per heavy atom. The molecule has 3 fully saturated rings. The summed E-state index contributed by atoms with van der Waals surface area (Å²) in [5.74, 6) is -4.51. The molecule has 0 heterocycles. The van der Waals surface area contributed by atoms with Gasteiger partial charge in [0.2, 0.25) is 9.84 Å². The molecule has 3 aliphatic carbocycles. The third-order valence-corrected chi connectivity index (χ3v) is 10.1. The molecule has 14 heteroatoms. The number of rotatable bonds is 8. The molecule has 3 aromatic rings. The van der Waals surface area contributed by atoms with Crippen molar-refractivity contribution in [2.45, 2.75) is 51.9 Å². The lowest BCUT2D eigenvalue weighted by Gasteiger charge is -2.71. The van der Waals surface area contributed by atoms with Crippen molar-refractivity contribution in [2.24, 2.45) is 0 Å². The van der Waals surface area contributed by atoms with Gasteiger partial charge in [-0.05, 0) is 67.3 Å². The second-order valence-corrected chi connectivity index (χ2v) is 13.7. The Balaban J connectivity index is 1.40. The van der Waals surface area contributed by atoms with Crippen LogP contribution in [0.4, 0.5) is 27.6 Å². The smallest absolute Gasteiger partial charge is 0.346 e. The second-order valence-electron chi connectivity index (χ2n) is 10.1. The van der Waals surface area contributed by atoms with Gasteiger partial charge in [-0.2, -0.15) is 22.0 Å². The predicted octanol–water partition coefficient (Wildman–Crippen LogP) is 5.11. The van der Waals surface area contributed by atoms with Crippen LogP contribution in [0.5, 0.6) is 0 Å². The SMILES string of the molecule is O=C(NC12CC(c3ccccc3)(C1)C2)c1ccc(C(F)(F)F)cc1NS(=O)(=O)c1ccc(S(=O)(=O)C(F)F)cc1. The predicted molar refractivity (Wildman–Crippen MR) is 134 cm³/mol. The maximum Gasteiger partial charge on any atom is 0.416 e. The van der Waals surface area contributed by atoms with Gasteiger partial charge in [0, 0.05) is 11.0 Å². The van der Waals surface area contributed by atoms with Crippen LogP contribution in [0.15, 0.2) is 82.6 Å². The van der Waals surface area contributed by atoms with Gasteiger partial charge in [-0.3, -0.25) is 9.52 Å². The van der Waals surface area contributed by atoms with Crippen molar-refractivity contribution in [3.63, 3.8) is 0 Å². The van der Waals surface area contributed by atoms with Gasteiger partial charge in [-0.1, -0.05) is 30.3 Å². The lowest BCUT2D eigenvalue weighted by Crippen LogP contribution is -2.76. The van der Waals surface area contributed by atoms with E-state index in [1.165, 1.54) is 0 Å². The number of benzene rings is 3. The van der Waals surface area contributed by atoms with Gasteiger partial charge in [0.1, 0.15) is 0 Å². The number of anilines is 1. The topological polar surface area (TPSA) is 109 Å². The summed E-state index contributed by atoms with van der Waals surface area (Å²) in [6.45, 7) is 0. The molecule has 0 spiro atoms. The zero-order valence-corrected chi connectivity index (χ0v) is 22.0. The standard InChI is InChI=1S/C26H21F5N2O5S2/c27-23(28)39(35,36)18-7-9-19(10-8-18)40(37,38)33-21-12-17(26(29,30)31)6-11-20(21)22(34)32-25-13-24(14-25,15-25)16-4-2-1-3-5-16/h1-12,23,33H,13-15H2,(H,32,34).